The van der Waals surface area contributed by atoms with Crippen molar-refractivity contribution >= 4 is 10.0 Å². The summed E-state index contributed by atoms with van der Waals surface area (Å²) in [5.41, 5.74) is 6.61. The number of ether oxygens (including phenoxy) is 1. The number of nitrogens with two attached hydrogens (primary N) is 1. The minimum Gasteiger partial charge on any atom is -0.380 e. The van der Waals surface area contributed by atoms with Gasteiger partial charge in [-0.1, -0.05) is 25.0 Å². The summed E-state index contributed by atoms with van der Waals surface area (Å²) in [7, 11) is -1.91. The van der Waals surface area contributed by atoms with E-state index in [9.17, 15) is 8.42 Å². The fourth-order valence-electron chi connectivity index (χ4n) is 2.88. The fraction of sp³-hybridized carbons (Fsp3) is 0.600. The van der Waals surface area contributed by atoms with E-state index < -0.39 is 10.0 Å². The van der Waals surface area contributed by atoms with Gasteiger partial charge in [-0.15, -0.1) is 0 Å². The first-order valence-corrected chi connectivity index (χ1v) is 8.85. The molecule has 0 aromatic heterocycles. The van der Waals surface area contributed by atoms with Gasteiger partial charge in [-0.3, -0.25) is 0 Å². The van der Waals surface area contributed by atoms with Crippen LogP contribution >= 0.6 is 0 Å². The Labute approximate surface area is 126 Å². The van der Waals surface area contributed by atoms with Crippen molar-refractivity contribution in [3.05, 3.63) is 29.8 Å². The highest BCUT2D eigenvalue weighted by molar-refractivity contribution is 7.89. The Hall–Kier alpha value is -0.950. The molecule has 118 valence electrons. The van der Waals surface area contributed by atoms with Crippen LogP contribution in [0.15, 0.2) is 29.2 Å². The summed E-state index contributed by atoms with van der Waals surface area (Å²) >= 11 is 0. The third-order valence-electron chi connectivity index (χ3n) is 4.04. The highest BCUT2D eigenvalue weighted by Gasteiger charge is 2.28. The van der Waals surface area contributed by atoms with Gasteiger partial charge >= 0.3 is 0 Å². The lowest BCUT2D eigenvalue weighted by Crippen LogP contribution is -2.44. The maximum absolute atomic E-state index is 12.5. The zero-order chi connectivity index (χ0) is 15.3. The third kappa shape index (κ3) is 4.26. The molecule has 21 heavy (non-hydrogen) atoms. The largest absolute Gasteiger partial charge is 0.380 e. The predicted molar refractivity (Wildman–Crippen MR) is 82.3 cm³/mol. The van der Waals surface area contributed by atoms with Crippen LogP contribution in [0.25, 0.3) is 0 Å². The molecule has 2 unspecified atom stereocenters. The predicted octanol–water partition coefficient (Wildman–Crippen LogP) is 1.63. The smallest absolute Gasteiger partial charge is 0.240 e. The highest BCUT2D eigenvalue weighted by atomic mass is 32.2. The summed E-state index contributed by atoms with van der Waals surface area (Å²) in [4.78, 5) is 0.290. The lowest BCUT2D eigenvalue weighted by atomic mass is 9.85. The van der Waals surface area contributed by atoms with E-state index in [1.807, 2.05) is 6.07 Å². The van der Waals surface area contributed by atoms with Crippen molar-refractivity contribution in [1.29, 1.82) is 0 Å². The van der Waals surface area contributed by atoms with Crippen LogP contribution in [-0.4, -0.2) is 28.1 Å². The van der Waals surface area contributed by atoms with Crippen molar-refractivity contribution in [2.24, 2.45) is 11.7 Å². The summed E-state index contributed by atoms with van der Waals surface area (Å²) in [5.74, 6) is 0.232. The quantitative estimate of drug-likeness (QED) is 0.836. The fourth-order valence-corrected chi connectivity index (χ4v) is 4.29. The van der Waals surface area contributed by atoms with E-state index in [0.29, 0.717) is 18.0 Å². The molecule has 1 aliphatic carbocycles. The molecule has 6 heteroatoms. The first kappa shape index (κ1) is 16.4. The maximum atomic E-state index is 12.5. The van der Waals surface area contributed by atoms with Gasteiger partial charge in [0.1, 0.15) is 0 Å². The minimum absolute atomic E-state index is 0.0557. The molecule has 1 aromatic carbocycles. The molecule has 5 nitrogen and oxygen atoms in total. The van der Waals surface area contributed by atoms with Gasteiger partial charge in [-0.25, -0.2) is 13.1 Å². The topological polar surface area (TPSA) is 81.4 Å². The number of methoxy groups -OCH3 is 1. The number of hydrogen-bond acceptors (Lipinski definition) is 4. The van der Waals surface area contributed by atoms with Gasteiger partial charge in [-0.2, -0.15) is 0 Å². The molecule has 0 aliphatic heterocycles. The molecule has 1 aromatic rings. The second-order valence-corrected chi connectivity index (χ2v) is 7.30. The number of benzene rings is 1. The SMILES string of the molecule is COCc1cccc(S(=O)(=O)NC2CCCCC2CN)c1. The molecule has 1 aliphatic rings. The van der Waals surface area contributed by atoms with Crippen LogP contribution in [0.3, 0.4) is 0 Å². The highest BCUT2D eigenvalue weighted by Crippen LogP contribution is 2.25. The molecule has 2 rings (SSSR count). The monoisotopic (exact) mass is 312 g/mol. The molecule has 1 fully saturated rings. The van der Waals surface area contributed by atoms with Crippen LogP contribution in [0, 0.1) is 5.92 Å². The summed E-state index contributed by atoms with van der Waals surface area (Å²) in [5, 5.41) is 0. The number of nitrogens with one attached hydrogen (secondary N) is 1. The van der Waals surface area contributed by atoms with Gasteiger partial charge in [0, 0.05) is 13.2 Å². The van der Waals surface area contributed by atoms with Crippen LogP contribution in [-0.2, 0) is 21.4 Å². The normalized spacial score (nSPS) is 23.1. The molecule has 3 N–H and O–H groups in total. The van der Waals surface area contributed by atoms with Crippen molar-refractivity contribution in [2.45, 2.75) is 43.2 Å². The second-order valence-electron chi connectivity index (χ2n) is 5.59. The van der Waals surface area contributed by atoms with Crippen LogP contribution in [0.2, 0.25) is 0 Å². The summed E-state index contributed by atoms with van der Waals surface area (Å²) < 4.78 is 32.9. The van der Waals surface area contributed by atoms with Crippen LogP contribution in [0.5, 0.6) is 0 Å². The summed E-state index contributed by atoms with van der Waals surface area (Å²) in [6.45, 7) is 0.926. The van der Waals surface area contributed by atoms with Crippen LogP contribution in [0.1, 0.15) is 31.2 Å². The van der Waals surface area contributed by atoms with E-state index in [-0.39, 0.29) is 12.0 Å². The molecule has 2 atom stereocenters. The average molecular weight is 312 g/mol. The third-order valence-corrected chi connectivity index (χ3v) is 5.53. The van der Waals surface area contributed by atoms with Crippen LogP contribution in [0.4, 0.5) is 0 Å². The lowest BCUT2D eigenvalue weighted by Gasteiger charge is -2.31. The van der Waals surface area contributed by atoms with Gasteiger partial charge in [0.25, 0.3) is 0 Å². The van der Waals surface area contributed by atoms with E-state index in [2.05, 4.69) is 4.72 Å². The molecule has 0 spiro atoms. The average Bonchev–Trinajstić information content (AvgIpc) is 2.48. The molecule has 0 bridgehead atoms. The van der Waals surface area contributed by atoms with Gasteiger partial charge in [0.2, 0.25) is 10.0 Å². The van der Waals surface area contributed by atoms with Crippen molar-refractivity contribution in [1.82, 2.24) is 4.72 Å². The summed E-state index contributed by atoms with van der Waals surface area (Å²) in [6.07, 6.45) is 4.03. The Bertz CT molecular complexity index is 560. The van der Waals surface area contributed by atoms with E-state index in [1.165, 1.54) is 0 Å². The minimum atomic E-state index is -3.50. The summed E-state index contributed by atoms with van der Waals surface area (Å²) in [6, 6.07) is 6.81. The van der Waals surface area contributed by atoms with Crippen molar-refractivity contribution < 1.29 is 13.2 Å². The molecule has 0 amide bonds. The molecule has 0 radical (unpaired) electrons. The van der Waals surface area contributed by atoms with Crippen molar-refractivity contribution in [2.75, 3.05) is 13.7 Å². The van der Waals surface area contributed by atoms with E-state index >= 15 is 0 Å². The second kappa shape index (κ2) is 7.35. The van der Waals surface area contributed by atoms with Crippen LogP contribution < -0.4 is 10.5 Å². The maximum Gasteiger partial charge on any atom is 0.240 e. The zero-order valence-corrected chi connectivity index (χ0v) is 13.2. The number of hydrogen-bond donors (Lipinski definition) is 2. The van der Waals surface area contributed by atoms with Gasteiger partial charge in [-0.05, 0) is 43.0 Å². The molecule has 1 saturated carbocycles. The lowest BCUT2D eigenvalue weighted by molar-refractivity contribution is 0.184. The zero-order valence-electron chi connectivity index (χ0n) is 12.4. The first-order valence-electron chi connectivity index (χ1n) is 7.37. The standard InChI is InChI=1S/C15H24N2O3S/c1-20-11-12-5-4-7-14(9-12)21(18,19)17-15-8-3-2-6-13(15)10-16/h4-5,7,9,13,15,17H,2-3,6,8,10-11,16H2,1H3. The van der Waals surface area contributed by atoms with E-state index in [1.54, 1.807) is 25.3 Å². The van der Waals surface area contributed by atoms with Gasteiger partial charge < -0.3 is 10.5 Å². The first-order chi connectivity index (χ1) is 10.1. The van der Waals surface area contributed by atoms with Gasteiger partial charge in [0.15, 0.2) is 0 Å². The van der Waals surface area contributed by atoms with Crippen molar-refractivity contribution in [3.63, 3.8) is 0 Å². The Morgan fingerprint density at radius 1 is 1.33 bits per heavy atom. The Morgan fingerprint density at radius 2 is 2.10 bits per heavy atom. The number of sulfonamides is 1. The number of rotatable bonds is 6. The molecule has 0 saturated heterocycles. The Balaban J connectivity index is 2.15. The molecule has 0 heterocycles. The van der Waals surface area contributed by atoms with Crippen molar-refractivity contribution in [3.8, 4) is 0 Å². The Morgan fingerprint density at radius 3 is 2.81 bits per heavy atom. The van der Waals surface area contributed by atoms with Gasteiger partial charge in [0.05, 0.1) is 11.5 Å². The van der Waals surface area contributed by atoms with E-state index in [4.69, 9.17) is 10.5 Å². The molecular weight excluding hydrogens is 288 g/mol. The molecular formula is C15H24N2O3S. The Kier molecular flexibility index (Phi) is 5.75. The van der Waals surface area contributed by atoms with E-state index in [0.717, 1.165) is 31.2 Å².